The summed E-state index contributed by atoms with van der Waals surface area (Å²) >= 11 is 11.8. The molecule has 0 spiro atoms. The third kappa shape index (κ3) is 3.25. The molecule has 0 saturated heterocycles. The summed E-state index contributed by atoms with van der Waals surface area (Å²) < 4.78 is 5.60. The molecule has 0 N–H and O–H groups in total. The summed E-state index contributed by atoms with van der Waals surface area (Å²) in [5.41, 5.74) is 2.11. The van der Waals surface area contributed by atoms with Crippen LogP contribution in [-0.2, 0) is 4.79 Å². The first kappa shape index (κ1) is 16.8. The fourth-order valence-electron chi connectivity index (χ4n) is 2.62. The van der Waals surface area contributed by atoms with Gasteiger partial charge in [-0.15, -0.1) is 0 Å². The number of aryl methyl sites for hydroxylation is 1. The van der Waals surface area contributed by atoms with E-state index in [1.54, 1.807) is 24.3 Å². The monoisotopic (exact) mass is 363 g/mol. The highest BCUT2D eigenvalue weighted by molar-refractivity contribution is 6.52. The Morgan fingerprint density at radius 1 is 1.04 bits per heavy atom. The van der Waals surface area contributed by atoms with Gasteiger partial charge in [-0.2, -0.15) is 0 Å². The van der Waals surface area contributed by atoms with Gasteiger partial charge in [0.1, 0.15) is 5.75 Å². The highest BCUT2D eigenvalue weighted by atomic mass is 35.5. The minimum atomic E-state index is -0.481. The summed E-state index contributed by atoms with van der Waals surface area (Å²) in [6, 6.07) is 10.5. The van der Waals surface area contributed by atoms with E-state index in [2.05, 4.69) is 0 Å². The molecule has 0 bridgehead atoms. The minimum Gasteiger partial charge on any atom is -0.493 e. The molecule has 24 heavy (non-hydrogen) atoms. The van der Waals surface area contributed by atoms with Gasteiger partial charge in [0.05, 0.1) is 27.9 Å². The van der Waals surface area contributed by atoms with E-state index in [0.29, 0.717) is 46.6 Å². The molecule has 124 valence electrons. The molecule has 3 rings (SSSR count). The van der Waals surface area contributed by atoms with Crippen LogP contribution in [0.25, 0.3) is 0 Å². The van der Waals surface area contributed by atoms with Gasteiger partial charge in [-0.3, -0.25) is 9.59 Å². The number of ketones is 1. The van der Waals surface area contributed by atoms with E-state index in [4.69, 9.17) is 27.9 Å². The van der Waals surface area contributed by atoms with Crippen molar-refractivity contribution in [2.45, 2.75) is 13.3 Å². The number of nitrogens with zero attached hydrogens (tertiary/aromatic N) is 1. The molecule has 1 aliphatic heterocycles. The van der Waals surface area contributed by atoms with E-state index in [9.17, 15) is 9.59 Å². The van der Waals surface area contributed by atoms with Gasteiger partial charge in [0, 0.05) is 12.6 Å². The second kappa shape index (κ2) is 6.83. The van der Waals surface area contributed by atoms with Gasteiger partial charge >= 0.3 is 0 Å². The minimum absolute atomic E-state index is 0.400. The third-order valence-corrected chi connectivity index (χ3v) is 4.55. The van der Waals surface area contributed by atoms with Crippen LogP contribution >= 0.6 is 23.2 Å². The zero-order chi connectivity index (χ0) is 17.3. The molecule has 1 amide bonds. The Hall–Kier alpha value is -2.04. The van der Waals surface area contributed by atoms with Gasteiger partial charge in [-0.05, 0) is 37.6 Å². The first-order valence-corrected chi connectivity index (χ1v) is 8.27. The van der Waals surface area contributed by atoms with Crippen LogP contribution < -0.4 is 9.64 Å². The fraction of sp³-hybridized carbons (Fsp3) is 0.222. The maximum absolute atomic E-state index is 12.1. The van der Waals surface area contributed by atoms with Gasteiger partial charge in [0.15, 0.2) is 0 Å². The average molecular weight is 364 g/mol. The lowest BCUT2D eigenvalue weighted by atomic mass is 10.1. The summed E-state index contributed by atoms with van der Waals surface area (Å²) in [6.07, 6.45) is 0.590. The van der Waals surface area contributed by atoms with Crippen LogP contribution in [0, 0.1) is 6.92 Å². The molecule has 0 aromatic heterocycles. The molecule has 0 atom stereocenters. The van der Waals surface area contributed by atoms with Crippen LogP contribution in [0.4, 0.5) is 5.69 Å². The van der Waals surface area contributed by atoms with Crippen molar-refractivity contribution in [3.05, 3.63) is 57.6 Å². The molecule has 4 nitrogen and oxygen atoms in total. The van der Waals surface area contributed by atoms with Gasteiger partial charge < -0.3 is 9.64 Å². The van der Waals surface area contributed by atoms with Crippen LogP contribution in [0.3, 0.4) is 0 Å². The number of rotatable bonds is 5. The Bertz CT molecular complexity index is 820. The van der Waals surface area contributed by atoms with Crippen molar-refractivity contribution in [1.82, 2.24) is 0 Å². The number of halogens is 2. The lowest BCUT2D eigenvalue weighted by Crippen LogP contribution is -2.31. The highest BCUT2D eigenvalue weighted by Gasteiger charge is 2.35. The summed E-state index contributed by atoms with van der Waals surface area (Å²) in [4.78, 5) is 25.7. The maximum Gasteiger partial charge on any atom is 0.299 e. The molecule has 6 heteroatoms. The molecule has 0 fully saturated rings. The normalized spacial score (nSPS) is 13.4. The number of anilines is 1. The van der Waals surface area contributed by atoms with Crippen molar-refractivity contribution < 1.29 is 14.3 Å². The molecule has 2 aromatic rings. The largest absolute Gasteiger partial charge is 0.493 e. The molecule has 0 unspecified atom stereocenters. The van der Waals surface area contributed by atoms with E-state index in [1.807, 2.05) is 19.1 Å². The predicted octanol–water partition coefficient (Wildman–Crippen LogP) is 4.30. The van der Waals surface area contributed by atoms with Crippen molar-refractivity contribution in [3.8, 4) is 5.75 Å². The zero-order valence-corrected chi connectivity index (χ0v) is 14.5. The lowest BCUT2D eigenvalue weighted by Gasteiger charge is -2.16. The number of ether oxygens (including phenoxy) is 1. The number of amides is 1. The Morgan fingerprint density at radius 2 is 1.83 bits per heavy atom. The van der Waals surface area contributed by atoms with E-state index in [1.165, 1.54) is 4.90 Å². The molecule has 0 aliphatic carbocycles. The third-order valence-electron chi connectivity index (χ3n) is 3.81. The molecule has 0 saturated carbocycles. The van der Waals surface area contributed by atoms with Crippen LogP contribution in [0.15, 0.2) is 36.4 Å². The molecule has 2 aromatic carbocycles. The van der Waals surface area contributed by atoms with Crippen LogP contribution in [-0.4, -0.2) is 24.8 Å². The topological polar surface area (TPSA) is 46.6 Å². The number of carbonyl (C=O) groups excluding carboxylic acids is 2. The molecule has 0 radical (unpaired) electrons. The first-order valence-electron chi connectivity index (χ1n) is 7.52. The second-order valence-electron chi connectivity index (χ2n) is 5.58. The standard InChI is InChI=1S/C18H15Cl2NO3/c1-11-3-6-16-13(9-11)17(22)18(23)21(16)7-2-8-24-12-4-5-14(19)15(20)10-12/h3-6,9-10H,2,7-8H2,1H3. The Labute approximate surface area is 149 Å². The Balaban J connectivity index is 1.60. The lowest BCUT2D eigenvalue weighted by molar-refractivity contribution is -0.114. The predicted molar refractivity (Wildman–Crippen MR) is 94.4 cm³/mol. The van der Waals surface area contributed by atoms with Gasteiger partial charge in [0.25, 0.3) is 11.7 Å². The molecular weight excluding hydrogens is 349 g/mol. The van der Waals surface area contributed by atoms with Crippen molar-refractivity contribution >= 4 is 40.6 Å². The number of benzene rings is 2. The van der Waals surface area contributed by atoms with Gasteiger partial charge in [-0.25, -0.2) is 0 Å². The van der Waals surface area contributed by atoms with E-state index in [0.717, 1.165) is 5.56 Å². The Morgan fingerprint density at radius 3 is 2.58 bits per heavy atom. The molecule has 1 aliphatic rings. The molecular formula is C18H15Cl2NO3. The zero-order valence-electron chi connectivity index (χ0n) is 13.0. The van der Waals surface area contributed by atoms with Crippen molar-refractivity contribution in [2.24, 2.45) is 0 Å². The SMILES string of the molecule is Cc1ccc2c(c1)C(=O)C(=O)N2CCCOc1ccc(Cl)c(Cl)c1. The van der Waals surface area contributed by atoms with E-state index >= 15 is 0 Å². The van der Waals surface area contributed by atoms with Crippen LogP contribution in [0.5, 0.6) is 5.75 Å². The smallest absolute Gasteiger partial charge is 0.299 e. The average Bonchev–Trinajstić information content (AvgIpc) is 2.79. The maximum atomic E-state index is 12.1. The summed E-state index contributed by atoms with van der Waals surface area (Å²) in [5, 5.41) is 0.899. The van der Waals surface area contributed by atoms with E-state index < -0.39 is 11.7 Å². The van der Waals surface area contributed by atoms with Crippen molar-refractivity contribution in [1.29, 1.82) is 0 Å². The second-order valence-corrected chi connectivity index (χ2v) is 6.40. The summed E-state index contributed by atoms with van der Waals surface area (Å²) in [6.45, 7) is 2.71. The van der Waals surface area contributed by atoms with Crippen LogP contribution in [0.1, 0.15) is 22.3 Å². The van der Waals surface area contributed by atoms with Gasteiger partial charge in [-0.1, -0.05) is 34.8 Å². The molecule has 1 heterocycles. The quantitative estimate of drug-likeness (QED) is 0.587. The van der Waals surface area contributed by atoms with E-state index in [-0.39, 0.29) is 0 Å². The number of hydrogen-bond acceptors (Lipinski definition) is 3. The van der Waals surface area contributed by atoms with Crippen molar-refractivity contribution in [3.63, 3.8) is 0 Å². The van der Waals surface area contributed by atoms with Crippen molar-refractivity contribution in [2.75, 3.05) is 18.1 Å². The number of carbonyl (C=O) groups is 2. The Kier molecular flexibility index (Phi) is 4.78. The number of hydrogen-bond donors (Lipinski definition) is 0. The summed E-state index contributed by atoms with van der Waals surface area (Å²) in [7, 11) is 0. The van der Waals surface area contributed by atoms with Crippen LogP contribution in [0.2, 0.25) is 10.0 Å². The van der Waals surface area contributed by atoms with Gasteiger partial charge in [0.2, 0.25) is 0 Å². The summed E-state index contributed by atoms with van der Waals surface area (Å²) in [5.74, 6) is -0.312. The highest BCUT2D eigenvalue weighted by Crippen LogP contribution is 2.30. The fourth-order valence-corrected chi connectivity index (χ4v) is 2.90. The first-order chi connectivity index (χ1) is 11.5. The number of Topliss-reactive ketones (excluding diaryl/α,β-unsaturated/α-hetero) is 1. The number of fused-ring (bicyclic) bond motifs is 1.